The Morgan fingerprint density at radius 1 is 1.00 bits per heavy atom. The molecule has 2 aromatic carbocycles. The van der Waals surface area contributed by atoms with Crippen LogP contribution >= 0.6 is 11.3 Å². The number of benzene rings is 2. The van der Waals surface area contributed by atoms with Gasteiger partial charge in [0.2, 0.25) is 22.9 Å². The summed E-state index contributed by atoms with van der Waals surface area (Å²) in [4.78, 5) is 42.2. The monoisotopic (exact) mass is 567 g/mol. The molecule has 2 saturated heterocycles. The fourth-order valence-electron chi connectivity index (χ4n) is 4.91. The molecule has 3 heterocycles. The van der Waals surface area contributed by atoms with Gasteiger partial charge in [0.25, 0.3) is 0 Å². The number of nitrogens with one attached hydrogen (secondary N) is 1. The largest absolute Gasteiger partial charge is 0.342 e. The molecule has 0 aliphatic carbocycles. The first-order valence-electron chi connectivity index (χ1n) is 12.8. The lowest BCUT2D eigenvalue weighted by Crippen LogP contribution is -2.44. The van der Waals surface area contributed by atoms with Gasteiger partial charge in [-0.25, -0.2) is 8.42 Å². The van der Waals surface area contributed by atoms with Crippen molar-refractivity contribution in [3.05, 3.63) is 65.2 Å². The van der Waals surface area contributed by atoms with Crippen LogP contribution in [0, 0.1) is 18.8 Å². The van der Waals surface area contributed by atoms with Gasteiger partial charge in [-0.15, -0.1) is 10.2 Å². The van der Waals surface area contributed by atoms with Crippen LogP contribution in [-0.2, 0) is 30.0 Å². The second-order valence-corrected chi connectivity index (χ2v) is 13.0. The number of nitrogens with zero attached hydrogens (tertiary/aromatic N) is 4. The maximum Gasteiger partial charge on any atom is 0.229 e. The third-order valence-electron chi connectivity index (χ3n) is 7.11. The second-order valence-electron chi connectivity index (χ2n) is 9.90. The Morgan fingerprint density at radius 2 is 1.69 bits per heavy atom. The van der Waals surface area contributed by atoms with Gasteiger partial charge in [0.1, 0.15) is 10.8 Å². The van der Waals surface area contributed by atoms with Gasteiger partial charge >= 0.3 is 0 Å². The summed E-state index contributed by atoms with van der Waals surface area (Å²) in [5.74, 6) is -1.32. The maximum atomic E-state index is 13.1. The summed E-state index contributed by atoms with van der Waals surface area (Å²) >= 11 is 1.03. The van der Waals surface area contributed by atoms with Gasteiger partial charge in [0.15, 0.2) is 9.84 Å². The topological polar surface area (TPSA) is 130 Å². The summed E-state index contributed by atoms with van der Waals surface area (Å²) < 4.78 is 25.2. The molecule has 2 fully saturated rings. The summed E-state index contributed by atoms with van der Waals surface area (Å²) in [6.07, 6.45) is 1.18. The number of piperidine rings is 1. The molecule has 0 spiro atoms. The van der Waals surface area contributed by atoms with Crippen LogP contribution in [0.25, 0.3) is 0 Å². The number of carbonyl (C=O) groups excluding carboxylic acids is 3. The number of sulfone groups is 1. The molecule has 0 bridgehead atoms. The van der Waals surface area contributed by atoms with Crippen molar-refractivity contribution in [2.45, 2.75) is 36.8 Å². The standard InChI is InChI=1S/C27H29N5O5S2/c1-18-7-9-21(10-8-18)32-16-20(15-24(32)33)26(35)31-13-11-19(12-14-31)25(34)28-27-30-29-23(38-27)17-39(36,37)22-5-3-2-4-6-22/h2-10,19-20H,11-17H2,1H3,(H,28,30,34). The van der Waals surface area contributed by atoms with Crippen LogP contribution in [0.15, 0.2) is 59.5 Å². The molecule has 2 aliphatic rings. The third-order valence-corrected chi connectivity index (χ3v) is 9.78. The number of aromatic nitrogens is 2. The molecule has 0 saturated carbocycles. The van der Waals surface area contributed by atoms with E-state index in [1.165, 1.54) is 12.1 Å². The van der Waals surface area contributed by atoms with Gasteiger partial charge in [0, 0.05) is 37.7 Å². The van der Waals surface area contributed by atoms with E-state index >= 15 is 0 Å². The Kier molecular flexibility index (Phi) is 7.76. The van der Waals surface area contributed by atoms with Crippen molar-refractivity contribution in [1.82, 2.24) is 15.1 Å². The molecule has 10 nitrogen and oxygen atoms in total. The maximum absolute atomic E-state index is 13.1. The molecule has 1 unspecified atom stereocenters. The van der Waals surface area contributed by atoms with Gasteiger partial charge in [0.05, 0.1) is 10.8 Å². The zero-order chi connectivity index (χ0) is 27.6. The first-order valence-corrected chi connectivity index (χ1v) is 15.2. The van der Waals surface area contributed by atoms with E-state index in [0.29, 0.717) is 37.5 Å². The van der Waals surface area contributed by atoms with E-state index in [0.717, 1.165) is 22.6 Å². The average molecular weight is 568 g/mol. The highest BCUT2D eigenvalue weighted by molar-refractivity contribution is 7.90. The number of carbonyl (C=O) groups is 3. The number of hydrogen-bond acceptors (Lipinski definition) is 8. The lowest BCUT2D eigenvalue weighted by atomic mass is 9.94. The van der Waals surface area contributed by atoms with Crippen molar-refractivity contribution in [3.8, 4) is 0 Å². The van der Waals surface area contributed by atoms with E-state index in [1.807, 2.05) is 31.2 Å². The van der Waals surface area contributed by atoms with Crippen molar-refractivity contribution in [3.63, 3.8) is 0 Å². The Balaban J connectivity index is 1.11. The van der Waals surface area contributed by atoms with Crippen LogP contribution in [0.5, 0.6) is 0 Å². The van der Waals surface area contributed by atoms with Crippen molar-refractivity contribution in [2.75, 3.05) is 29.9 Å². The summed E-state index contributed by atoms with van der Waals surface area (Å²) in [7, 11) is -3.56. The van der Waals surface area contributed by atoms with Crippen LogP contribution in [0.4, 0.5) is 10.8 Å². The number of likely N-dealkylation sites (tertiary alicyclic amines) is 1. The van der Waals surface area contributed by atoms with Crippen LogP contribution in [-0.4, -0.2) is 60.9 Å². The fourth-order valence-corrected chi connectivity index (χ4v) is 7.27. The van der Waals surface area contributed by atoms with Crippen LogP contribution in [0.2, 0.25) is 0 Å². The van der Waals surface area contributed by atoms with E-state index in [9.17, 15) is 22.8 Å². The molecule has 0 radical (unpaired) electrons. The molecule has 3 amide bonds. The molecule has 5 rings (SSSR count). The van der Waals surface area contributed by atoms with Gasteiger partial charge in [-0.05, 0) is 44.0 Å². The van der Waals surface area contributed by atoms with Gasteiger partial charge in [-0.1, -0.05) is 47.2 Å². The van der Waals surface area contributed by atoms with Crippen molar-refractivity contribution in [2.24, 2.45) is 11.8 Å². The van der Waals surface area contributed by atoms with Gasteiger partial charge in [-0.2, -0.15) is 0 Å². The third kappa shape index (κ3) is 6.17. The van der Waals surface area contributed by atoms with E-state index in [1.54, 1.807) is 28.0 Å². The number of amides is 3. The highest BCUT2D eigenvalue weighted by Gasteiger charge is 2.38. The fraction of sp³-hybridized carbons (Fsp3) is 0.370. The number of rotatable bonds is 7. The Hall–Kier alpha value is -3.64. The first-order chi connectivity index (χ1) is 18.7. The number of hydrogen-bond donors (Lipinski definition) is 1. The highest BCUT2D eigenvalue weighted by atomic mass is 32.2. The molecule has 39 heavy (non-hydrogen) atoms. The number of anilines is 2. The normalized spacial score (nSPS) is 18.4. The SMILES string of the molecule is Cc1ccc(N2CC(C(=O)N3CCC(C(=O)Nc4nnc(CS(=O)(=O)c5ccccc5)s4)CC3)CC2=O)cc1. The smallest absolute Gasteiger partial charge is 0.229 e. The average Bonchev–Trinajstić information content (AvgIpc) is 3.54. The van der Waals surface area contributed by atoms with Crippen molar-refractivity contribution >= 4 is 49.7 Å². The van der Waals surface area contributed by atoms with E-state index in [4.69, 9.17) is 0 Å². The Morgan fingerprint density at radius 3 is 2.38 bits per heavy atom. The predicted molar refractivity (Wildman–Crippen MR) is 147 cm³/mol. The predicted octanol–water partition coefficient (Wildman–Crippen LogP) is 3.05. The summed E-state index contributed by atoms with van der Waals surface area (Å²) in [5.41, 5.74) is 1.90. The van der Waals surface area contributed by atoms with Gasteiger partial charge in [-0.3, -0.25) is 14.4 Å². The Labute approximate surface area is 231 Å². The second kappa shape index (κ2) is 11.2. The molecule has 1 N–H and O–H groups in total. The lowest BCUT2D eigenvalue weighted by Gasteiger charge is -2.32. The molecular formula is C27H29N5O5S2. The minimum absolute atomic E-state index is 0.0507. The van der Waals surface area contributed by atoms with Crippen LogP contribution < -0.4 is 10.2 Å². The molecule has 3 aromatic rings. The van der Waals surface area contributed by atoms with E-state index < -0.39 is 15.8 Å². The molecule has 1 aromatic heterocycles. The molecule has 1 atom stereocenters. The quantitative estimate of drug-likeness (QED) is 0.465. The van der Waals surface area contributed by atoms with Crippen LogP contribution in [0.3, 0.4) is 0 Å². The molecule has 204 valence electrons. The van der Waals surface area contributed by atoms with E-state index in [2.05, 4.69) is 15.5 Å². The molecule has 2 aliphatic heterocycles. The zero-order valence-electron chi connectivity index (χ0n) is 21.4. The first kappa shape index (κ1) is 26.9. The van der Waals surface area contributed by atoms with Crippen molar-refractivity contribution in [1.29, 1.82) is 0 Å². The lowest BCUT2D eigenvalue weighted by molar-refractivity contribution is -0.138. The van der Waals surface area contributed by atoms with E-state index in [-0.39, 0.29) is 45.8 Å². The number of aryl methyl sites for hydroxylation is 1. The van der Waals surface area contributed by atoms with Gasteiger partial charge < -0.3 is 15.1 Å². The summed E-state index contributed by atoms with van der Waals surface area (Å²) in [6.45, 7) is 3.21. The molecular weight excluding hydrogens is 538 g/mol. The summed E-state index contributed by atoms with van der Waals surface area (Å²) in [5, 5.41) is 11.2. The highest BCUT2D eigenvalue weighted by Crippen LogP contribution is 2.29. The minimum atomic E-state index is -3.56. The van der Waals surface area contributed by atoms with Crippen molar-refractivity contribution < 1.29 is 22.8 Å². The summed E-state index contributed by atoms with van der Waals surface area (Å²) in [6, 6.07) is 15.8. The van der Waals surface area contributed by atoms with Crippen LogP contribution in [0.1, 0.15) is 29.8 Å². The Bertz CT molecular complexity index is 1470. The minimum Gasteiger partial charge on any atom is -0.342 e. The zero-order valence-corrected chi connectivity index (χ0v) is 23.1. The molecule has 12 heteroatoms.